The summed E-state index contributed by atoms with van der Waals surface area (Å²) in [7, 11) is 0. The molecule has 0 spiro atoms. The van der Waals surface area contributed by atoms with E-state index in [-0.39, 0.29) is 11.6 Å². The predicted octanol–water partition coefficient (Wildman–Crippen LogP) is 4.38. The topological polar surface area (TPSA) is 21.3 Å². The molecule has 0 saturated heterocycles. The van der Waals surface area contributed by atoms with Crippen molar-refractivity contribution in [3.63, 3.8) is 0 Å². The molecule has 0 aliphatic heterocycles. The van der Waals surface area contributed by atoms with E-state index in [1.165, 1.54) is 24.3 Å². The fourth-order valence-electron chi connectivity index (χ4n) is 1.71. The van der Waals surface area contributed by atoms with Crippen LogP contribution in [0.4, 0.5) is 23.2 Å². The maximum Gasteiger partial charge on any atom is 0.422 e. The number of rotatable bonds is 5. The van der Waals surface area contributed by atoms with Gasteiger partial charge < -0.3 is 10.1 Å². The third kappa shape index (κ3) is 5.33. The van der Waals surface area contributed by atoms with Crippen molar-refractivity contribution in [3.05, 3.63) is 59.9 Å². The molecular weight excluding hydrogens is 286 g/mol. The minimum absolute atomic E-state index is 0.144. The molecule has 0 aliphatic carbocycles. The molecule has 0 aromatic heterocycles. The van der Waals surface area contributed by atoms with E-state index < -0.39 is 12.8 Å². The van der Waals surface area contributed by atoms with Gasteiger partial charge >= 0.3 is 6.18 Å². The molecule has 0 fully saturated rings. The fourth-order valence-corrected chi connectivity index (χ4v) is 1.71. The van der Waals surface area contributed by atoms with Gasteiger partial charge in [-0.05, 0) is 35.9 Å². The summed E-state index contributed by atoms with van der Waals surface area (Å²) in [5, 5.41) is 2.98. The van der Waals surface area contributed by atoms with E-state index in [9.17, 15) is 17.6 Å². The molecule has 2 aromatic carbocycles. The molecule has 0 unspecified atom stereocenters. The van der Waals surface area contributed by atoms with Gasteiger partial charge in [-0.3, -0.25) is 0 Å². The van der Waals surface area contributed by atoms with Crippen molar-refractivity contribution in [2.75, 3.05) is 11.9 Å². The van der Waals surface area contributed by atoms with Gasteiger partial charge in [-0.2, -0.15) is 13.2 Å². The molecule has 2 rings (SSSR count). The van der Waals surface area contributed by atoms with E-state index in [0.717, 1.165) is 5.56 Å². The maximum absolute atomic E-state index is 13.0. The Morgan fingerprint density at radius 1 is 1.00 bits per heavy atom. The molecule has 2 nitrogen and oxygen atoms in total. The highest BCUT2D eigenvalue weighted by atomic mass is 19.4. The zero-order valence-electron chi connectivity index (χ0n) is 11.0. The first-order valence-electron chi connectivity index (χ1n) is 6.20. The number of nitrogens with one attached hydrogen (secondary N) is 1. The third-order valence-electron chi connectivity index (χ3n) is 2.62. The molecule has 6 heteroatoms. The third-order valence-corrected chi connectivity index (χ3v) is 2.62. The first-order valence-corrected chi connectivity index (χ1v) is 6.20. The monoisotopic (exact) mass is 299 g/mol. The summed E-state index contributed by atoms with van der Waals surface area (Å²) >= 11 is 0. The predicted molar refractivity (Wildman–Crippen MR) is 71.7 cm³/mol. The van der Waals surface area contributed by atoms with Gasteiger partial charge in [0, 0.05) is 12.2 Å². The van der Waals surface area contributed by atoms with E-state index in [4.69, 9.17) is 0 Å². The molecule has 112 valence electrons. The largest absolute Gasteiger partial charge is 0.484 e. The molecule has 21 heavy (non-hydrogen) atoms. The lowest BCUT2D eigenvalue weighted by molar-refractivity contribution is -0.153. The van der Waals surface area contributed by atoms with Crippen LogP contribution in [-0.2, 0) is 6.54 Å². The summed E-state index contributed by atoms with van der Waals surface area (Å²) in [5.41, 5.74) is 1.33. The summed E-state index contributed by atoms with van der Waals surface area (Å²) in [4.78, 5) is 0. The Kier molecular flexibility index (Phi) is 4.67. The minimum Gasteiger partial charge on any atom is -0.484 e. The second kappa shape index (κ2) is 6.47. The molecule has 0 bridgehead atoms. The lowest BCUT2D eigenvalue weighted by Gasteiger charge is -2.11. The summed E-state index contributed by atoms with van der Waals surface area (Å²) in [5.74, 6) is -0.215. The molecule has 2 aromatic rings. The SMILES string of the molecule is Fc1cccc(NCc2cccc(OCC(F)(F)F)c2)c1. The smallest absolute Gasteiger partial charge is 0.422 e. The molecule has 0 atom stereocenters. The molecule has 0 heterocycles. The number of alkyl halides is 3. The Balaban J connectivity index is 1.95. The number of halogens is 4. The Morgan fingerprint density at radius 2 is 1.76 bits per heavy atom. The van der Waals surface area contributed by atoms with Crippen molar-refractivity contribution >= 4 is 5.69 Å². The molecule has 1 N–H and O–H groups in total. The van der Waals surface area contributed by atoms with Crippen molar-refractivity contribution in [2.45, 2.75) is 12.7 Å². The lowest BCUT2D eigenvalue weighted by Crippen LogP contribution is -2.19. The van der Waals surface area contributed by atoms with Crippen LogP contribution in [0, 0.1) is 5.82 Å². The van der Waals surface area contributed by atoms with Crippen LogP contribution in [0.15, 0.2) is 48.5 Å². The zero-order valence-corrected chi connectivity index (χ0v) is 11.0. The van der Waals surface area contributed by atoms with Crippen molar-refractivity contribution in [1.82, 2.24) is 0 Å². The molecule has 0 radical (unpaired) electrons. The Bertz CT molecular complexity index is 598. The van der Waals surface area contributed by atoms with Gasteiger partial charge in [0.1, 0.15) is 11.6 Å². The molecule has 0 saturated carbocycles. The van der Waals surface area contributed by atoms with Crippen LogP contribution in [0.3, 0.4) is 0 Å². The van der Waals surface area contributed by atoms with E-state index in [2.05, 4.69) is 10.1 Å². The fraction of sp³-hybridized carbons (Fsp3) is 0.200. The van der Waals surface area contributed by atoms with Crippen molar-refractivity contribution in [3.8, 4) is 5.75 Å². The summed E-state index contributed by atoms with van der Waals surface area (Å²) < 4.78 is 53.9. The average molecular weight is 299 g/mol. The van der Waals surface area contributed by atoms with Gasteiger partial charge in [-0.15, -0.1) is 0 Å². The number of hydrogen-bond donors (Lipinski definition) is 1. The molecule has 0 amide bonds. The van der Waals surface area contributed by atoms with Crippen LogP contribution >= 0.6 is 0 Å². The van der Waals surface area contributed by atoms with Gasteiger partial charge in [0.25, 0.3) is 0 Å². The number of anilines is 1. The maximum atomic E-state index is 13.0. The summed E-state index contributed by atoms with van der Waals surface area (Å²) in [6, 6.07) is 12.3. The number of ether oxygens (including phenoxy) is 1. The van der Waals surface area contributed by atoms with Crippen molar-refractivity contribution in [2.24, 2.45) is 0 Å². The van der Waals surface area contributed by atoms with Crippen LogP contribution in [-0.4, -0.2) is 12.8 Å². The highest BCUT2D eigenvalue weighted by Gasteiger charge is 2.28. The Morgan fingerprint density at radius 3 is 2.48 bits per heavy atom. The van der Waals surface area contributed by atoms with Crippen LogP contribution in [0.25, 0.3) is 0 Å². The van der Waals surface area contributed by atoms with Crippen molar-refractivity contribution < 1.29 is 22.3 Å². The van der Waals surface area contributed by atoms with Crippen LogP contribution < -0.4 is 10.1 Å². The second-order valence-electron chi connectivity index (χ2n) is 4.42. The normalized spacial score (nSPS) is 11.2. The molecular formula is C15H13F4NO. The second-order valence-corrected chi connectivity index (χ2v) is 4.42. The standard InChI is InChI=1S/C15H13F4NO/c16-12-4-2-5-13(8-12)20-9-11-3-1-6-14(7-11)21-10-15(17,18)19/h1-8,20H,9-10H2. The lowest BCUT2D eigenvalue weighted by atomic mass is 10.2. The highest BCUT2D eigenvalue weighted by Crippen LogP contribution is 2.20. The quantitative estimate of drug-likeness (QED) is 0.827. The van der Waals surface area contributed by atoms with Crippen LogP contribution in [0.5, 0.6) is 5.75 Å². The van der Waals surface area contributed by atoms with Gasteiger partial charge in [0.05, 0.1) is 0 Å². The average Bonchev–Trinajstić information content (AvgIpc) is 2.43. The Hall–Kier alpha value is -2.24. The molecule has 0 aliphatic rings. The van der Waals surface area contributed by atoms with E-state index >= 15 is 0 Å². The highest BCUT2D eigenvalue weighted by molar-refractivity contribution is 5.44. The number of benzene rings is 2. The van der Waals surface area contributed by atoms with Gasteiger partial charge in [0.15, 0.2) is 6.61 Å². The van der Waals surface area contributed by atoms with Gasteiger partial charge in [-0.25, -0.2) is 4.39 Å². The first kappa shape index (κ1) is 15.2. The summed E-state index contributed by atoms with van der Waals surface area (Å²) in [6.07, 6.45) is -4.37. The Labute approximate surface area is 119 Å². The zero-order chi connectivity index (χ0) is 15.3. The summed E-state index contributed by atoms with van der Waals surface area (Å²) in [6.45, 7) is -0.972. The number of hydrogen-bond acceptors (Lipinski definition) is 2. The van der Waals surface area contributed by atoms with Gasteiger partial charge in [0.2, 0.25) is 0 Å². The van der Waals surface area contributed by atoms with E-state index in [1.54, 1.807) is 24.3 Å². The van der Waals surface area contributed by atoms with E-state index in [1.807, 2.05) is 0 Å². The van der Waals surface area contributed by atoms with Crippen molar-refractivity contribution in [1.29, 1.82) is 0 Å². The first-order chi connectivity index (χ1) is 9.92. The van der Waals surface area contributed by atoms with E-state index in [0.29, 0.717) is 12.2 Å². The van der Waals surface area contributed by atoms with Gasteiger partial charge in [-0.1, -0.05) is 18.2 Å². The van der Waals surface area contributed by atoms with Crippen LogP contribution in [0.1, 0.15) is 5.56 Å². The van der Waals surface area contributed by atoms with Crippen LogP contribution in [0.2, 0.25) is 0 Å². The minimum atomic E-state index is -4.37.